The minimum Gasteiger partial charge on any atom is -0.370 e. The molecule has 8 heteroatoms. The summed E-state index contributed by atoms with van der Waals surface area (Å²) in [5, 5.41) is 9.16. The lowest BCUT2D eigenvalue weighted by Crippen LogP contribution is -2.47. The van der Waals surface area contributed by atoms with Crippen molar-refractivity contribution in [1.82, 2.24) is 15.5 Å². The summed E-state index contributed by atoms with van der Waals surface area (Å²) in [6, 6.07) is 34.8. The summed E-state index contributed by atoms with van der Waals surface area (Å²) in [5.41, 5.74) is 14.5. The summed E-state index contributed by atoms with van der Waals surface area (Å²) < 4.78 is 0. The number of hydrogen-bond acceptors (Lipinski definition) is 4. The lowest BCUT2D eigenvalue weighted by Gasteiger charge is -2.29. The number of nitrogens with one attached hydrogen (secondary N) is 2. The lowest BCUT2D eigenvalue weighted by atomic mass is 9.90. The topological polar surface area (TPSA) is 126 Å². The van der Waals surface area contributed by atoms with Crippen LogP contribution in [-0.4, -0.2) is 54.4 Å². The molecule has 2 amide bonds. The number of amides is 2. The van der Waals surface area contributed by atoms with Gasteiger partial charge in [0, 0.05) is 38.5 Å². The molecule has 3 atom stereocenters. The predicted octanol–water partition coefficient (Wildman–Crippen LogP) is 4.85. The first kappa shape index (κ1) is 31.7. The van der Waals surface area contributed by atoms with Crippen molar-refractivity contribution in [2.75, 3.05) is 19.6 Å². The molecule has 0 spiro atoms. The second-order valence-corrected chi connectivity index (χ2v) is 11.9. The van der Waals surface area contributed by atoms with Gasteiger partial charge < -0.3 is 27.0 Å². The minimum absolute atomic E-state index is 0.00208. The van der Waals surface area contributed by atoms with Crippen LogP contribution in [0.4, 0.5) is 0 Å². The number of rotatable bonds is 12. The zero-order valence-electron chi connectivity index (χ0n) is 25.9. The number of aliphatic imine (C=N–C) groups is 1. The third-order valence-electron chi connectivity index (χ3n) is 8.62. The molecule has 1 aliphatic rings. The molecule has 1 fully saturated rings. The standard InChI is InChI=1S/C37H44N6O2/c1-26(44)41-35(31-19-18-27-11-8-9-16-30(27)23-31)24-32-20-22-43(36(45)34(42-32)17-10-21-40-37(38)39)25-33(28-12-4-2-5-13-28)29-14-6-3-7-15-29/h2-9,11-16,18-19,23,32-35,42H,10,17,20-22,24-25H2,1H3,(H,41,44)(H4,38,39,40)/t32-,34-,35?/m0/s1. The van der Waals surface area contributed by atoms with Gasteiger partial charge >= 0.3 is 0 Å². The third-order valence-corrected chi connectivity index (χ3v) is 8.62. The fourth-order valence-corrected chi connectivity index (χ4v) is 6.39. The molecule has 0 bridgehead atoms. The molecule has 4 aromatic carbocycles. The number of fused-ring (bicyclic) bond motifs is 1. The second kappa shape index (κ2) is 15.3. The van der Waals surface area contributed by atoms with Crippen molar-refractivity contribution in [2.45, 2.75) is 56.7 Å². The van der Waals surface area contributed by atoms with Gasteiger partial charge in [-0.1, -0.05) is 97.1 Å². The number of benzene rings is 4. The molecule has 8 nitrogen and oxygen atoms in total. The summed E-state index contributed by atoms with van der Waals surface area (Å²) >= 11 is 0. The van der Waals surface area contributed by atoms with E-state index < -0.39 is 6.04 Å². The number of hydrogen-bond donors (Lipinski definition) is 4. The first-order valence-electron chi connectivity index (χ1n) is 15.8. The fourth-order valence-electron chi connectivity index (χ4n) is 6.39. The number of guanidine groups is 1. The van der Waals surface area contributed by atoms with E-state index in [4.69, 9.17) is 11.5 Å². The van der Waals surface area contributed by atoms with E-state index in [0.29, 0.717) is 38.9 Å². The lowest BCUT2D eigenvalue weighted by molar-refractivity contribution is -0.133. The highest BCUT2D eigenvalue weighted by Gasteiger charge is 2.33. The summed E-state index contributed by atoms with van der Waals surface area (Å²) in [7, 11) is 0. The van der Waals surface area contributed by atoms with Gasteiger partial charge in [-0.25, -0.2) is 0 Å². The Morgan fingerprint density at radius 1 is 0.911 bits per heavy atom. The maximum absolute atomic E-state index is 14.2. The van der Waals surface area contributed by atoms with Crippen LogP contribution in [0.2, 0.25) is 0 Å². The average molecular weight is 605 g/mol. The Morgan fingerprint density at radius 3 is 2.20 bits per heavy atom. The third kappa shape index (κ3) is 8.70. The quantitative estimate of drug-likeness (QED) is 0.105. The molecule has 0 aliphatic carbocycles. The van der Waals surface area contributed by atoms with Gasteiger partial charge in [-0.15, -0.1) is 0 Å². The monoisotopic (exact) mass is 604 g/mol. The van der Waals surface area contributed by atoms with Crippen molar-refractivity contribution >= 4 is 28.5 Å². The number of nitrogens with zero attached hydrogens (tertiary/aromatic N) is 2. The maximum atomic E-state index is 14.2. The molecule has 1 unspecified atom stereocenters. The first-order valence-corrected chi connectivity index (χ1v) is 15.8. The van der Waals surface area contributed by atoms with E-state index in [0.717, 1.165) is 22.8 Å². The van der Waals surface area contributed by atoms with Crippen LogP contribution >= 0.6 is 0 Å². The van der Waals surface area contributed by atoms with E-state index >= 15 is 0 Å². The average Bonchev–Trinajstić information content (AvgIpc) is 3.19. The van der Waals surface area contributed by atoms with E-state index in [2.05, 4.69) is 94.5 Å². The van der Waals surface area contributed by atoms with Gasteiger partial charge in [0.05, 0.1) is 12.1 Å². The van der Waals surface area contributed by atoms with Crippen LogP contribution in [0.5, 0.6) is 0 Å². The van der Waals surface area contributed by atoms with Crippen LogP contribution in [0, 0.1) is 0 Å². The SMILES string of the molecule is CC(=O)NC(C[C@@H]1CCN(CC(c2ccccc2)c2ccccc2)C(=O)[C@H](CCCN=C(N)N)N1)c1ccc2ccccc2c1. The molecule has 45 heavy (non-hydrogen) atoms. The highest BCUT2D eigenvalue weighted by molar-refractivity contribution is 5.84. The van der Waals surface area contributed by atoms with Gasteiger partial charge in [0.2, 0.25) is 11.8 Å². The molecule has 234 valence electrons. The molecular formula is C37H44N6O2. The van der Waals surface area contributed by atoms with Crippen molar-refractivity contribution in [3.05, 3.63) is 120 Å². The molecular weight excluding hydrogens is 560 g/mol. The Bertz CT molecular complexity index is 1550. The van der Waals surface area contributed by atoms with Crippen LogP contribution in [0.3, 0.4) is 0 Å². The maximum Gasteiger partial charge on any atom is 0.239 e. The van der Waals surface area contributed by atoms with Gasteiger partial charge in [-0.2, -0.15) is 0 Å². The zero-order valence-corrected chi connectivity index (χ0v) is 25.9. The molecule has 0 aromatic heterocycles. The Hall–Kier alpha value is -4.69. The second-order valence-electron chi connectivity index (χ2n) is 11.9. The van der Waals surface area contributed by atoms with Crippen molar-refractivity contribution in [3.8, 4) is 0 Å². The Balaban J connectivity index is 1.40. The Kier molecular flexibility index (Phi) is 10.8. The molecule has 1 heterocycles. The van der Waals surface area contributed by atoms with Crippen molar-refractivity contribution in [2.24, 2.45) is 16.5 Å². The molecule has 1 saturated heterocycles. The van der Waals surface area contributed by atoms with Crippen LogP contribution < -0.4 is 22.1 Å². The van der Waals surface area contributed by atoms with E-state index in [1.165, 1.54) is 11.1 Å². The van der Waals surface area contributed by atoms with Crippen molar-refractivity contribution in [3.63, 3.8) is 0 Å². The van der Waals surface area contributed by atoms with Gasteiger partial charge in [-0.05, 0) is 59.2 Å². The predicted molar refractivity (Wildman–Crippen MR) is 182 cm³/mol. The van der Waals surface area contributed by atoms with Crippen LogP contribution in [-0.2, 0) is 9.59 Å². The van der Waals surface area contributed by atoms with Crippen molar-refractivity contribution in [1.29, 1.82) is 0 Å². The minimum atomic E-state index is -0.395. The molecule has 0 radical (unpaired) electrons. The summed E-state index contributed by atoms with van der Waals surface area (Å²) in [6.07, 6.45) is 2.69. The smallest absolute Gasteiger partial charge is 0.239 e. The van der Waals surface area contributed by atoms with E-state index in [9.17, 15) is 9.59 Å². The van der Waals surface area contributed by atoms with Gasteiger partial charge in [0.1, 0.15) is 0 Å². The molecule has 0 saturated carbocycles. The Morgan fingerprint density at radius 2 is 1.56 bits per heavy atom. The molecule has 4 aromatic rings. The Labute approximate surface area is 265 Å². The molecule has 6 N–H and O–H groups in total. The van der Waals surface area contributed by atoms with Crippen LogP contribution in [0.25, 0.3) is 10.8 Å². The highest BCUT2D eigenvalue weighted by atomic mass is 16.2. The van der Waals surface area contributed by atoms with Gasteiger partial charge in [0.15, 0.2) is 5.96 Å². The van der Waals surface area contributed by atoms with E-state index in [1.807, 2.05) is 29.2 Å². The summed E-state index contributed by atoms with van der Waals surface area (Å²) in [5.74, 6) is 0.0966. The van der Waals surface area contributed by atoms with Crippen LogP contribution in [0.1, 0.15) is 61.3 Å². The van der Waals surface area contributed by atoms with E-state index in [1.54, 1.807) is 6.92 Å². The summed E-state index contributed by atoms with van der Waals surface area (Å²) in [4.78, 5) is 32.7. The normalized spacial score (nSPS) is 17.6. The number of nitrogens with two attached hydrogens (primary N) is 2. The first-order chi connectivity index (χ1) is 21.9. The largest absolute Gasteiger partial charge is 0.370 e. The molecule has 1 aliphatic heterocycles. The fraction of sp³-hybridized carbons (Fsp3) is 0.324. The zero-order chi connectivity index (χ0) is 31.6. The van der Waals surface area contributed by atoms with E-state index in [-0.39, 0.29) is 35.8 Å². The van der Waals surface area contributed by atoms with Crippen LogP contribution in [0.15, 0.2) is 108 Å². The summed E-state index contributed by atoms with van der Waals surface area (Å²) in [6.45, 7) is 3.20. The van der Waals surface area contributed by atoms with Crippen molar-refractivity contribution < 1.29 is 9.59 Å². The number of carbonyl (C=O) groups is 2. The molecule has 5 rings (SSSR count). The van der Waals surface area contributed by atoms with Gasteiger partial charge in [0.25, 0.3) is 0 Å². The highest BCUT2D eigenvalue weighted by Crippen LogP contribution is 2.29. The number of carbonyl (C=O) groups excluding carboxylic acids is 2. The van der Waals surface area contributed by atoms with Gasteiger partial charge in [-0.3, -0.25) is 14.6 Å².